The average molecular weight is 348 g/mol. The minimum Gasteiger partial charge on any atom is -0.253 e. The van der Waals surface area contributed by atoms with E-state index in [-0.39, 0.29) is 0 Å². The fourth-order valence-corrected chi connectivity index (χ4v) is 3.49. The maximum absolute atomic E-state index is 12.0. The van der Waals surface area contributed by atoms with Crippen LogP contribution in [0.1, 0.15) is 5.56 Å². The Kier molecular flexibility index (Phi) is 3.89. The van der Waals surface area contributed by atoms with Gasteiger partial charge in [-0.1, -0.05) is 42.0 Å². The lowest BCUT2D eigenvalue weighted by molar-refractivity contribution is 0.681. The van der Waals surface area contributed by atoms with Gasteiger partial charge in [0.15, 0.2) is 5.03 Å². The van der Waals surface area contributed by atoms with Gasteiger partial charge in [-0.25, -0.2) is 9.97 Å². The minimum absolute atomic E-state index is 0.462. The molecule has 0 radical (unpaired) electrons. The zero-order chi connectivity index (χ0) is 17.4. The number of aromatic nitrogens is 4. The Morgan fingerprint density at radius 3 is 2.44 bits per heavy atom. The van der Waals surface area contributed by atoms with Crippen molar-refractivity contribution >= 4 is 21.7 Å². The highest BCUT2D eigenvalue weighted by Gasteiger charge is 2.15. The van der Waals surface area contributed by atoms with E-state index in [2.05, 4.69) is 34.1 Å². The number of hydrogen-bond acceptors (Lipinski definition) is 4. The number of aryl methyl sites for hydroxylation is 1. The molecule has 0 aliphatic heterocycles. The molecule has 6 heteroatoms. The van der Waals surface area contributed by atoms with E-state index in [1.807, 2.05) is 36.4 Å². The van der Waals surface area contributed by atoms with Crippen LogP contribution in [0.3, 0.4) is 0 Å². The molecule has 1 unspecified atom stereocenters. The van der Waals surface area contributed by atoms with Crippen LogP contribution in [0.2, 0.25) is 0 Å². The highest BCUT2D eigenvalue weighted by molar-refractivity contribution is 7.84. The molecule has 124 valence electrons. The zero-order valence-corrected chi connectivity index (χ0v) is 14.7. The van der Waals surface area contributed by atoms with Gasteiger partial charge in [0.1, 0.15) is 0 Å². The quantitative estimate of drug-likeness (QED) is 0.568. The summed E-state index contributed by atoms with van der Waals surface area (Å²) in [5, 5.41) is 5.87. The smallest absolute Gasteiger partial charge is 0.251 e. The molecule has 1 atom stereocenters. The number of hydrogen-bond donors (Lipinski definition) is 0. The molecule has 2 aromatic carbocycles. The van der Waals surface area contributed by atoms with Gasteiger partial charge >= 0.3 is 0 Å². The zero-order valence-electron chi connectivity index (χ0n) is 13.9. The lowest BCUT2D eigenvalue weighted by atomic mass is 10.1. The second kappa shape index (κ2) is 6.22. The molecular weight excluding hydrogens is 332 g/mol. The summed E-state index contributed by atoms with van der Waals surface area (Å²) in [6.45, 7) is 2.06. The summed E-state index contributed by atoms with van der Waals surface area (Å²) in [5.74, 6) is 0.462. The van der Waals surface area contributed by atoms with Crippen molar-refractivity contribution in [3.8, 4) is 17.1 Å². The van der Waals surface area contributed by atoms with Gasteiger partial charge < -0.3 is 0 Å². The van der Waals surface area contributed by atoms with E-state index in [0.717, 1.165) is 22.0 Å². The van der Waals surface area contributed by atoms with Crippen LogP contribution >= 0.6 is 0 Å². The second-order valence-corrected chi connectivity index (χ2v) is 7.12. The van der Waals surface area contributed by atoms with Gasteiger partial charge in [-0.3, -0.25) is 4.21 Å². The van der Waals surface area contributed by atoms with Crippen LogP contribution in [0.15, 0.2) is 66.0 Å². The lowest BCUT2D eigenvalue weighted by Crippen LogP contribution is -2.03. The van der Waals surface area contributed by atoms with E-state index in [1.54, 1.807) is 23.3 Å². The van der Waals surface area contributed by atoms with Crippen molar-refractivity contribution in [2.45, 2.75) is 11.9 Å². The SMILES string of the molecule is Cc1cccc(-c2cnc(-n3nc(S(C)=O)c4ccccc43)nc2)c1. The second-order valence-electron chi connectivity index (χ2n) is 5.83. The molecule has 4 aromatic rings. The van der Waals surface area contributed by atoms with Gasteiger partial charge in [-0.2, -0.15) is 9.78 Å². The maximum Gasteiger partial charge on any atom is 0.251 e. The van der Waals surface area contributed by atoms with E-state index in [4.69, 9.17) is 0 Å². The van der Waals surface area contributed by atoms with Crippen LogP contribution in [0, 0.1) is 6.92 Å². The first-order chi connectivity index (χ1) is 12.1. The van der Waals surface area contributed by atoms with Crippen molar-refractivity contribution in [1.29, 1.82) is 0 Å². The standard InChI is InChI=1S/C19H16N4OS/c1-13-6-5-7-14(10-13)15-11-20-19(21-12-15)23-17-9-4-3-8-16(17)18(22-23)25(2)24/h3-12H,1-2H3. The van der Waals surface area contributed by atoms with Crippen LogP contribution in [-0.2, 0) is 10.8 Å². The highest BCUT2D eigenvalue weighted by Crippen LogP contribution is 2.24. The summed E-state index contributed by atoms with van der Waals surface area (Å²) >= 11 is 0. The predicted molar refractivity (Wildman–Crippen MR) is 99.2 cm³/mol. The van der Waals surface area contributed by atoms with Crippen molar-refractivity contribution in [2.75, 3.05) is 6.26 Å². The summed E-state index contributed by atoms with van der Waals surface area (Å²) in [5.41, 5.74) is 4.06. The molecule has 0 aliphatic carbocycles. The van der Waals surface area contributed by atoms with Crippen molar-refractivity contribution in [3.63, 3.8) is 0 Å². The van der Waals surface area contributed by atoms with Gasteiger partial charge in [-0.15, -0.1) is 0 Å². The highest BCUT2D eigenvalue weighted by atomic mass is 32.2. The number of fused-ring (bicyclic) bond motifs is 1. The molecule has 0 amide bonds. The molecule has 25 heavy (non-hydrogen) atoms. The Balaban J connectivity index is 1.81. The Morgan fingerprint density at radius 1 is 0.960 bits per heavy atom. The first-order valence-corrected chi connectivity index (χ1v) is 9.40. The minimum atomic E-state index is -1.18. The van der Waals surface area contributed by atoms with Gasteiger partial charge in [0.2, 0.25) is 0 Å². The van der Waals surface area contributed by atoms with Gasteiger partial charge in [0.05, 0.1) is 16.3 Å². The molecule has 5 nitrogen and oxygen atoms in total. The van der Waals surface area contributed by atoms with E-state index in [1.165, 1.54) is 5.56 Å². The fraction of sp³-hybridized carbons (Fsp3) is 0.105. The van der Waals surface area contributed by atoms with Crippen molar-refractivity contribution in [3.05, 3.63) is 66.5 Å². The third-order valence-corrected chi connectivity index (χ3v) is 4.85. The van der Waals surface area contributed by atoms with Gasteiger partial charge in [0, 0.05) is 29.6 Å². The summed E-state index contributed by atoms with van der Waals surface area (Å²) in [7, 11) is -1.18. The van der Waals surface area contributed by atoms with E-state index in [9.17, 15) is 4.21 Å². The van der Waals surface area contributed by atoms with Crippen molar-refractivity contribution in [1.82, 2.24) is 19.7 Å². The van der Waals surface area contributed by atoms with E-state index >= 15 is 0 Å². The third-order valence-electron chi connectivity index (χ3n) is 4.00. The van der Waals surface area contributed by atoms with Crippen LogP contribution in [0.25, 0.3) is 28.0 Å². The van der Waals surface area contributed by atoms with E-state index < -0.39 is 10.8 Å². The topological polar surface area (TPSA) is 60.7 Å². The molecule has 2 heterocycles. The average Bonchev–Trinajstić information content (AvgIpc) is 3.02. The van der Waals surface area contributed by atoms with E-state index in [0.29, 0.717) is 11.0 Å². The normalized spacial score (nSPS) is 12.4. The lowest BCUT2D eigenvalue weighted by Gasteiger charge is -2.04. The molecule has 0 fully saturated rings. The number of benzene rings is 2. The molecule has 0 bridgehead atoms. The van der Waals surface area contributed by atoms with Crippen molar-refractivity contribution in [2.24, 2.45) is 0 Å². The monoisotopic (exact) mass is 348 g/mol. The molecule has 2 aromatic heterocycles. The Labute approximate surface area is 147 Å². The predicted octanol–water partition coefficient (Wildman–Crippen LogP) is 3.53. The molecule has 0 aliphatic rings. The Bertz CT molecular complexity index is 1090. The summed E-state index contributed by atoms with van der Waals surface area (Å²) < 4.78 is 13.6. The molecule has 0 spiro atoms. The Morgan fingerprint density at radius 2 is 1.72 bits per heavy atom. The number of rotatable bonds is 3. The molecule has 0 saturated heterocycles. The summed E-state index contributed by atoms with van der Waals surface area (Å²) in [6.07, 6.45) is 5.20. The number of para-hydroxylation sites is 1. The van der Waals surface area contributed by atoms with Crippen LogP contribution in [0.4, 0.5) is 0 Å². The summed E-state index contributed by atoms with van der Waals surface area (Å²) in [6, 6.07) is 15.9. The maximum atomic E-state index is 12.0. The molecule has 0 saturated carbocycles. The van der Waals surface area contributed by atoms with Crippen molar-refractivity contribution < 1.29 is 4.21 Å². The number of nitrogens with zero attached hydrogens (tertiary/aromatic N) is 4. The molecule has 4 rings (SSSR count). The van der Waals surface area contributed by atoms with Crippen LogP contribution in [-0.4, -0.2) is 30.2 Å². The fourth-order valence-electron chi connectivity index (χ4n) is 2.81. The van der Waals surface area contributed by atoms with Crippen LogP contribution < -0.4 is 0 Å². The third kappa shape index (κ3) is 2.85. The first-order valence-electron chi connectivity index (χ1n) is 7.84. The van der Waals surface area contributed by atoms with Crippen LogP contribution in [0.5, 0.6) is 0 Å². The first kappa shape index (κ1) is 15.7. The largest absolute Gasteiger partial charge is 0.253 e. The summed E-state index contributed by atoms with van der Waals surface area (Å²) in [4.78, 5) is 8.94. The molecule has 0 N–H and O–H groups in total. The van der Waals surface area contributed by atoms with Gasteiger partial charge in [-0.05, 0) is 24.6 Å². The molecular formula is C19H16N4OS. The van der Waals surface area contributed by atoms with Gasteiger partial charge in [0.25, 0.3) is 5.95 Å². The Hall–Kier alpha value is -2.86.